The molecule has 1 aromatic carbocycles. The van der Waals surface area contributed by atoms with E-state index in [1.54, 1.807) is 0 Å². The van der Waals surface area contributed by atoms with Gasteiger partial charge in [0, 0.05) is 18.7 Å². The van der Waals surface area contributed by atoms with Gasteiger partial charge in [-0.05, 0) is 31.7 Å². The van der Waals surface area contributed by atoms with Crippen molar-refractivity contribution in [2.75, 3.05) is 13.1 Å². The summed E-state index contributed by atoms with van der Waals surface area (Å²) < 4.78 is 66.8. The molecule has 3 amide bonds. The van der Waals surface area contributed by atoms with Crippen LogP contribution in [0.2, 0.25) is 5.02 Å². The van der Waals surface area contributed by atoms with Crippen LogP contribution in [0.1, 0.15) is 31.4 Å². The topological polar surface area (TPSA) is 61.4 Å². The smallest absolute Gasteiger partial charge is 0.353 e. The van der Waals surface area contributed by atoms with Gasteiger partial charge in [0.25, 0.3) is 0 Å². The number of piperazine rings is 1. The summed E-state index contributed by atoms with van der Waals surface area (Å²) in [5.74, 6) is -4.78. The number of rotatable bonds is 3. The third-order valence-electron chi connectivity index (χ3n) is 5.55. The van der Waals surface area contributed by atoms with Gasteiger partial charge in [-0.1, -0.05) is 17.7 Å². The molecule has 0 aromatic heterocycles. The molecule has 1 aromatic rings. The van der Waals surface area contributed by atoms with E-state index in [0.29, 0.717) is 0 Å². The van der Waals surface area contributed by atoms with E-state index >= 15 is 0 Å². The van der Waals surface area contributed by atoms with Crippen LogP contribution in [0.4, 0.5) is 26.7 Å². The van der Waals surface area contributed by atoms with E-state index in [4.69, 9.17) is 11.6 Å². The van der Waals surface area contributed by atoms with E-state index in [-0.39, 0.29) is 37.4 Å². The third kappa shape index (κ3) is 4.26. The number of carbonyl (C=O) groups is 2. The van der Waals surface area contributed by atoms with Crippen molar-refractivity contribution >= 4 is 23.5 Å². The van der Waals surface area contributed by atoms with Crippen LogP contribution in [-0.2, 0) is 4.79 Å². The van der Waals surface area contributed by atoms with Gasteiger partial charge < -0.3 is 15.5 Å². The molecule has 2 aliphatic rings. The number of hydrogen-bond acceptors (Lipinski definition) is 2. The summed E-state index contributed by atoms with van der Waals surface area (Å²) in [7, 11) is 0. The van der Waals surface area contributed by atoms with Gasteiger partial charge in [-0.2, -0.15) is 13.2 Å². The Hall–Kier alpha value is -2.10. The fraction of sp³-hybridized carbons (Fsp3) is 0.556. The molecule has 0 bridgehead atoms. The summed E-state index contributed by atoms with van der Waals surface area (Å²) in [6.07, 6.45) is -5.00. The molecule has 0 radical (unpaired) electrons. The maximum Gasteiger partial charge on any atom is 0.391 e. The third-order valence-corrected chi connectivity index (χ3v) is 5.89. The summed E-state index contributed by atoms with van der Waals surface area (Å²) in [6, 6.07) is -0.690. The van der Waals surface area contributed by atoms with Crippen molar-refractivity contribution in [3.05, 3.63) is 34.4 Å². The molecule has 0 unspecified atom stereocenters. The maximum absolute atomic E-state index is 14.6. The monoisotopic (exact) mass is 439 g/mol. The zero-order chi connectivity index (χ0) is 21.5. The first kappa shape index (κ1) is 21.6. The summed E-state index contributed by atoms with van der Waals surface area (Å²) in [4.78, 5) is 25.7. The zero-order valence-electron chi connectivity index (χ0n) is 15.3. The first-order chi connectivity index (χ1) is 13.5. The molecule has 11 heteroatoms. The highest BCUT2D eigenvalue weighted by Gasteiger charge is 2.51. The molecule has 1 aliphatic heterocycles. The van der Waals surface area contributed by atoms with Gasteiger partial charge in [-0.3, -0.25) is 4.79 Å². The summed E-state index contributed by atoms with van der Waals surface area (Å²) in [5.41, 5.74) is -0.190. The summed E-state index contributed by atoms with van der Waals surface area (Å²) in [5, 5.41) is 4.33. The second-order valence-electron chi connectivity index (χ2n) is 7.32. The highest BCUT2D eigenvalue weighted by molar-refractivity contribution is 6.31. The Morgan fingerprint density at radius 2 is 1.97 bits per heavy atom. The van der Waals surface area contributed by atoms with Gasteiger partial charge in [0.15, 0.2) is 0 Å². The largest absolute Gasteiger partial charge is 0.391 e. The normalized spacial score (nSPS) is 25.8. The Morgan fingerprint density at radius 1 is 1.31 bits per heavy atom. The molecule has 1 saturated carbocycles. The molecule has 2 N–H and O–H groups in total. The molecule has 29 heavy (non-hydrogen) atoms. The van der Waals surface area contributed by atoms with Crippen molar-refractivity contribution in [3.8, 4) is 0 Å². The number of alkyl halides is 3. The van der Waals surface area contributed by atoms with E-state index in [9.17, 15) is 31.5 Å². The molecule has 1 saturated heterocycles. The van der Waals surface area contributed by atoms with Crippen LogP contribution in [0.15, 0.2) is 12.1 Å². The van der Waals surface area contributed by atoms with Gasteiger partial charge in [0.2, 0.25) is 5.91 Å². The lowest BCUT2D eigenvalue weighted by molar-refractivity contribution is -0.206. The number of hydrogen-bond donors (Lipinski definition) is 2. The van der Waals surface area contributed by atoms with Gasteiger partial charge in [-0.25, -0.2) is 13.6 Å². The molecular weight excluding hydrogens is 421 g/mol. The predicted molar refractivity (Wildman–Crippen MR) is 94.1 cm³/mol. The Kier molecular flexibility index (Phi) is 5.93. The van der Waals surface area contributed by atoms with E-state index in [0.717, 1.165) is 12.1 Å². The first-order valence-electron chi connectivity index (χ1n) is 9.05. The number of halogens is 6. The SMILES string of the molecule is C[C@@H]1C(=O)NCCN1C(=O)N[C@H](c1ccc(F)c(Cl)c1F)[C@H]1C[C@@H](C(F)(F)F)C1. The molecule has 2 atom stereocenters. The minimum atomic E-state index is -4.39. The number of urea groups is 1. The van der Waals surface area contributed by atoms with Gasteiger partial charge in [0.1, 0.15) is 22.7 Å². The van der Waals surface area contributed by atoms with Crippen LogP contribution >= 0.6 is 11.6 Å². The van der Waals surface area contributed by atoms with Gasteiger partial charge in [0.05, 0.1) is 12.0 Å². The number of amides is 3. The van der Waals surface area contributed by atoms with E-state index < -0.39 is 52.8 Å². The van der Waals surface area contributed by atoms with Crippen LogP contribution in [0, 0.1) is 23.5 Å². The highest BCUT2D eigenvalue weighted by atomic mass is 35.5. The van der Waals surface area contributed by atoms with E-state index in [1.165, 1.54) is 11.8 Å². The molecule has 1 aliphatic carbocycles. The molecule has 3 rings (SSSR count). The fourth-order valence-corrected chi connectivity index (χ4v) is 3.88. The van der Waals surface area contributed by atoms with Crippen LogP contribution in [-0.4, -0.2) is 42.1 Å². The number of benzene rings is 1. The maximum atomic E-state index is 14.6. The van der Waals surface area contributed by atoms with Crippen molar-refractivity contribution in [3.63, 3.8) is 0 Å². The zero-order valence-corrected chi connectivity index (χ0v) is 16.1. The Bertz CT molecular complexity index is 813. The van der Waals surface area contributed by atoms with Crippen LogP contribution in [0.5, 0.6) is 0 Å². The molecule has 1 heterocycles. The Morgan fingerprint density at radius 3 is 2.59 bits per heavy atom. The predicted octanol–water partition coefficient (Wildman–Crippen LogP) is 3.78. The van der Waals surface area contributed by atoms with Crippen molar-refractivity contribution < 1.29 is 31.5 Å². The summed E-state index contributed by atoms with van der Waals surface area (Å²) in [6.45, 7) is 1.91. The number of nitrogens with zero attached hydrogens (tertiary/aromatic N) is 1. The molecule has 5 nitrogen and oxygen atoms in total. The first-order valence-corrected chi connectivity index (χ1v) is 9.43. The van der Waals surface area contributed by atoms with Gasteiger partial charge >= 0.3 is 12.2 Å². The van der Waals surface area contributed by atoms with E-state index in [2.05, 4.69) is 10.6 Å². The minimum absolute atomic E-state index is 0.188. The van der Waals surface area contributed by atoms with Crippen molar-refractivity contribution in [2.24, 2.45) is 11.8 Å². The molecule has 2 fully saturated rings. The summed E-state index contributed by atoms with van der Waals surface area (Å²) >= 11 is 5.62. The number of carbonyl (C=O) groups excluding carboxylic acids is 2. The molecule has 160 valence electrons. The van der Waals surface area contributed by atoms with Crippen LogP contribution in [0.3, 0.4) is 0 Å². The Balaban J connectivity index is 1.85. The average Bonchev–Trinajstić information content (AvgIpc) is 2.59. The lowest BCUT2D eigenvalue weighted by atomic mass is 9.69. The van der Waals surface area contributed by atoms with E-state index in [1.807, 2.05) is 0 Å². The standard InChI is InChI=1S/C18H19ClF5N3O2/c1-8-16(28)25-4-5-27(8)17(29)26-15(9-6-10(7-9)18(22,23)24)11-2-3-12(20)13(19)14(11)21/h2-3,8-10,15H,4-7H2,1H3,(H,25,28)(H,26,29)/t8-,9-,10+,15+/m1/s1. The lowest BCUT2D eigenvalue weighted by Crippen LogP contribution is -2.59. The second kappa shape index (κ2) is 7.97. The molecule has 0 spiro atoms. The van der Waals surface area contributed by atoms with Gasteiger partial charge in [-0.15, -0.1) is 0 Å². The highest BCUT2D eigenvalue weighted by Crippen LogP contribution is 2.50. The lowest BCUT2D eigenvalue weighted by Gasteiger charge is -2.43. The van der Waals surface area contributed by atoms with Crippen LogP contribution in [0.25, 0.3) is 0 Å². The van der Waals surface area contributed by atoms with Crippen LogP contribution < -0.4 is 10.6 Å². The van der Waals surface area contributed by atoms with Crippen molar-refractivity contribution in [2.45, 2.75) is 38.0 Å². The molecular formula is C18H19ClF5N3O2. The quantitative estimate of drug-likeness (QED) is 0.556. The average molecular weight is 440 g/mol. The van der Waals surface area contributed by atoms with Crippen molar-refractivity contribution in [1.29, 1.82) is 0 Å². The fourth-order valence-electron chi connectivity index (χ4n) is 3.71. The minimum Gasteiger partial charge on any atom is -0.353 e. The van der Waals surface area contributed by atoms with Crippen molar-refractivity contribution in [1.82, 2.24) is 15.5 Å². The number of nitrogens with one attached hydrogen (secondary N) is 2. The second-order valence-corrected chi connectivity index (χ2v) is 7.70. The Labute approximate surface area is 168 Å².